The Hall–Kier alpha value is -1.84. The maximum Gasteiger partial charge on any atom is 0.245 e. The number of nitrogens with zero attached hydrogens (tertiary/aromatic N) is 1. The Kier molecular flexibility index (Phi) is 4.66. The van der Waals surface area contributed by atoms with Crippen LogP contribution in [0.2, 0.25) is 0 Å². The lowest BCUT2D eigenvalue weighted by molar-refractivity contribution is -0.145. The van der Waals surface area contributed by atoms with Crippen LogP contribution in [0.5, 0.6) is 0 Å². The Morgan fingerprint density at radius 3 is 2.38 bits per heavy atom. The van der Waals surface area contributed by atoms with Crippen LogP contribution >= 0.6 is 0 Å². The third-order valence-corrected chi connectivity index (χ3v) is 3.64. The maximum atomic E-state index is 12.5. The minimum atomic E-state index is -0.378. The molecule has 1 aliphatic rings. The van der Waals surface area contributed by atoms with E-state index in [-0.39, 0.29) is 24.4 Å². The van der Waals surface area contributed by atoms with Crippen LogP contribution in [0.3, 0.4) is 0 Å². The SMILES string of the molecule is Cc1cc(C)cc(CN2CC(=O)NC(CC(C)C)C2=O)c1. The van der Waals surface area contributed by atoms with E-state index < -0.39 is 0 Å². The number of benzene rings is 1. The molecule has 1 unspecified atom stereocenters. The summed E-state index contributed by atoms with van der Waals surface area (Å²) in [7, 11) is 0. The summed E-state index contributed by atoms with van der Waals surface area (Å²) in [5.74, 6) is 0.340. The van der Waals surface area contributed by atoms with E-state index in [9.17, 15) is 9.59 Å². The molecule has 1 heterocycles. The molecule has 0 saturated carbocycles. The maximum absolute atomic E-state index is 12.5. The number of piperazine rings is 1. The standard InChI is InChI=1S/C17H24N2O2/c1-11(2)5-15-17(21)19(10-16(20)18-15)9-14-7-12(3)6-13(4)8-14/h6-8,11,15H,5,9-10H2,1-4H3,(H,18,20). The van der Waals surface area contributed by atoms with Gasteiger partial charge in [0.2, 0.25) is 11.8 Å². The molecule has 4 nitrogen and oxygen atoms in total. The molecule has 1 aliphatic heterocycles. The number of carbonyl (C=O) groups is 2. The van der Waals surface area contributed by atoms with Crippen LogP contribution < -0.4 is 5.32 Å². The Morgan fingerprint density at radius 2 is 1.81 bits per heavy atom. The second-order valence-corrected chi connectivity index (χ2v) is 6.44. The lowest BCUT2D eigenvalue weighted by Crippen LogP contribution is -2.57. The van der Waals surface area contributed by atoms with E-state index in [1.54, 1.807) is 4.90 Å². The van der Waals surface area contributed by atoms with Gasteiger partial charge in [0.05, 0.1) is 6.54 Å². The minimum absolute atomic E-state index is 0.0301. The summed E-state index contributed by atoms with van der Waals surface area (Å²) in [6, 6.07) is 5.88. The number of hydrogen-bond acceptors (Lipinski definition) is 2. The minimum Gasteiger partial charge on any atom is -0.343 e. The molecule has 0 aromatic heterocycles. The largest absolute Gasteiger partial charge is 0.343 e. The summed E-state index contributed by atoms with van der Waals surface area (Å²) in [4.78, 5) is 26.0. The molecule has 1 N–H and O–H groups in total. The summed E-state index contributed by atoms with van der Waals surface area (Å²) in [6.45, 7) is 8.86. The summed E-state index contributed by atoms with van der Waals surface area (Å²) >= 11 is 0. The number of aryl methyl sites for hydroxylation is 2. The van der Waals surface area contributed by atoms with E-state index >= 15 is 0 Å². The van der Waals surface area contributed by atoms with Crippen molar-refractivity contribution < 1.29 is 9.59 Å². The van der Waals surface area contributed by atoms with Crippen molar-refractivity contribution in [2.45, 2.75) is 46.7 Å². The van der Waals surface area contributed by atoms with E-state index in [0.717, 1.165) is 5.56 Å². The molecule has 2 amide bonds. The fourth-order valence-electron chi connectivity index (χ4n) is 2.92. The molecule has 0 bridgehead atoms. The van der Waals surface area contributed by atoms with Crippen molar-refractivity contribution in [3.05, 3.63) is 34.9 Å². The average molecular weight is 288 g/mol. The molecule has 1 saturated heterocycles. The molecule has 114 valence electrons. The first-order valence-corrected chi connectivity index (χ1v) is 7.50. The van der Waals surface area contributed by atoms with E-state index in [4.69, 9.17) is 0 Å². The van der Waals surface area contributed by atoms with Gasteiger partial charge in [-0.15, -0.1) is 0 Å². The molecule has 21 heavy (non-hydrogen) atoms. The third kappa shape index (κ3) is 4.06. The van der Waals surface area contributed by atoms with Crippen molar-refractivity contribution in [1.82, 2.24) is 10.2 Å². The van der Waals surface area contributed by atoms with Gasteiger partial charge in [0.1, 0.15) is 6.04 Å². The molecule has 1 aromatic carbocycles. The van der Waals surface area contributed by atoms with Crippen molar-refractivity contribution in [2.24, 2.45) is 5.92 Å². The molecule has 1 fully saturated rings. The van der Waals surface area contributed by atoms with Gasteiger partial charge in [-0.25, -0.2) is 0 Å². The highest BCUT2D eigenvalue weighted by atomic mass is 16.2. The molecular formula is C17H24N2O2. The topological polar surface area (TPSA) is 49.4 Å². The first kappa shape index (κ1) is 15.5. The Morgan fingerprint density at radius 1 is 1.19 bits per heavy atom. The fraction of sp³-hybridized carbons (Fsp3) is 0.529. The number of carbonyl (C=O) groups excluding carboxylic acids is 2. The van der Waals surface area contributed by atoms with Crippen molar-refractivity contribution in [1.29, 1.82) is 0 Å². The van der Waals surface area contributed by atoms with Crippen LogP contribution in [0.25, 0.3) is 0 Å². The Labute approximate surface area is 126 Å². The Balaban J connectivity index is 2.14. The molecule has 1 atom stereocenters. The highest BCUT2D eigenvalue weighted by Gasteiger charge is 2.32. The summed E-state index contributed by atoms with van der Waals surface area (Å²) < 4.78 is 0. The van der Waals surface area contributed by atoms with E-state index in [1.807, 2.05) is 13.8 Å². The summed E-state index contributed by atoms with van der Waals surface area (Å²) in [5.41, 5.74) is 3.44. The second-order valence-electron chi connectivity index (χ2n) is 6.44. The van der Waals surface area contributed by atoms with Gasteiger partial charge >= 0.3 is 0 Å². The Bertz CT molecular complexity index is 531. The van der Waals surface area contributed by atoms with Gasteiger partial charge in [-0.3, -0.25) is 9.59 Å². The van der Waals surface area contributed by atoms with Gasteiger partial charge in [-0.2, -0.15) is 0 Å². The lowest BCUT2D eigenvalue weighted by atomic mass is 10.00. The van der Waals surface area contributed by atoms with Gasteiger partial charge in [-0.05, 0) is 31.7 Å². The third-order valence-electron chi connectivity index (χ3n) is 3.64. The highest BCUT2D eigenvalue weighted by molar-refractivity contribution is 5.94. The molecule has 1 aromatic rings. The predicted molar refractivity (Wildman–Crippen MR) is 82.7 cm³/mol. The first-order chi connectivity index (χ1) is 9.85. The van der Waals surface area contributed by atoms with Crippen LogP contribution in [0.4, 0.5) is 0 Å². The number of amides is 2. The second kappa shape index (κ2) is 6.29. The van der Waals surface area contributed by atoms with E-state index in [1.165, 1.54) is 11.1 Å². The normalized spacial score (nSPS) is 19.1. The lowest BCUT2D eigenvalue weighted by Gasteiger charge is -2.33. The van der Waals surface area contributed by atoms with Gasteiger partial charge in [0.25, 0.3) is 0 Å². The number of rotatable bonds is 4. The fourth-order valence-corrected chi connectivity index (χ4v) is 2.92. The van der Waals surface area contributed by atoms with E-state index in [2.05, 4.69) is 37.4 Å². The molecule has 2 rings (SSSR count). The zero-order chi connectivity index (χ0) is 15.6. The smallest absolute Gasteiger partial charge is 0.245 e. The molecule has 0 radical (unpaired) electrons. The average Bonchev–Trinajstić information content (AvgIpc) is 2.33. The molecule has 4 heteroatoms. The van der Waals surface area contributed by atoms with Crippen LogP contribution in [0.1, 0.15) is 37.0 Å². The molecular weight excluding hydrogens is 264 g/mol. The van der Waals surface area contributed by atoms with Gasteiger partial charge in [0.15, 0.2) is 0 Å². The van der Waals surface area contributed by atoms with Crippen molar-refractivity contribution in [2.75, 3.05) is 6.54 Å². The zero-order valence-electron chi connectivity index (χ0n) is 13.3. The molecule has 0 aliphatic carbocycles. The summed E-state index contributed by atoms with van der Waals surface area (Å²) in [6.07, 6.45) is 0.688. The highest BCUT2D eigenvalue weighted by Crippen LogP contribution is 2.16. The zero-order valence-corrected chi connectivity index (χ0v) is 13.3. The van der Waals surface area contributed by atoms with Gasteiger partial charge < -0.3 is 10.2 Å². The number of nitrogens with one attached hydrogen (secondary N) is 1. The van der Waals surface area contributed by atoms with Crippen molar-refractivity contribution >= 4 is 11.8 Å². The summed E-state index contributed by atoms with van der Waals surface area (Å²) in [5, 5.41) is 2.81. The monoisotopic (exact) mass is 288 g/mol. The van der Waals surface area contributed by atoms with Crippen molar-refractivity contribution in [3.63, 3.8) is 0 Å². The quantitative estimate of drug-likeness (QED) is 0.923. The van der Waals surface area contributed by atoms with E-state index in [0.29, 0.717) is 18.9 Å². The van der Waals surface area contributed by atoms with Crippen molar-refractivity contribution in [3.8, 4) is 0 Å². The van der Waals surface area contributed by atoms with Gasteiger partial charge in [-0.1, -0.05) is 43.2 Å². The van der Waals surface area contributed by atoms with Gasteiger partial charge in [0, 0.05) is 6.54 Å². The van der Waals surface area contributed by atoms with Crippen LogP contribution in [-0.2, 0) is 16.1 Å². The molecule has 0 spiro atoms. The predicted octanol–water partition coefficient (Wildman–Crippen LogP) is 2.18. The number of hydrogen-bond donors (Lipinski definition) is 1. The van der Waals surface area contributed by atoms with Crippen LogP contribution in [0.15, 0.2) is 18.2 Å². The first-order valence-electron chi connectivity index (χ1n) is 7.50. The van der Waals surface area contributed by atoms with Crippen LogP contribution in [-0.4, -0.2) is 29.3 Å². The van der Waals surface area contributed by atoms with Crippen LogP contribution in [0, 0.1) is 19.8 Å².